The van der Waals surface area contributed by atoms with Gasteiger partial charge in [0.1, 0.15) is 11.2 Å². The zero-order valence-electron chi connectivity index (χ0n) is 18.9. The Morgan fingerprint density at radius 2 is 0.964 bits per heavy atom. The molecule has 0 saturated heterocycles. The molecule has 28 heavy (non-hydrogen) atoms. The van der Waals surface area contributed by atoms with Gasteiger partial charge in [0.05, 0.1) is 26.1 Å². The maximum atomic E-state index is 12.0. The maximum absolute atomic E-state index is 12.0. The highest BCUT2D eigenvalue weighted by atomic mass is 17.2. The van der Waals surface area contributed by atoms with Crippen LogP contribution in [0.4, 0.5) is 0 Å². The Labute approximate surface area is 171 Å². The van der Waals surface area contributed by atoms with E-state index in [4.69, 9.17) is 19.2 Å². The van der Waals surface area contributed by atoms with Gasteiger partial charge >= 0.3 is 11.9 Å². The number of carbonyl (C=O) groups excluding carboxylic acids is 2. The Bertz CT molecular complexity index is 391. The standard InChI is InChI=1S/C22H42O6/c1-7-9-11-13-15-25-19(23)17-21(3,4)27-28-22(5,6)18-20(24)26-16-14-12-10-8-2/h7-18H2,1-6H3. The van der Waals surface area contributed by atoms with Crippen LogP contribution in [0.25, 0.3) is 0 Å². The first-order valence-electron chi connectivity index (χ1n) is 10.8. The summed E-state index contributed by atoms with van der Waals surface area (Å²) in [7, 11) is 0. The first-order valence-corrected chi connectivity index (χ1v) is 10.8. The highest BCUT2D eigenvalue weighted by molar-refractivity contribution is 5.71. The van der Waals surface area contributed by atoms with Crippen LogP contribution in [0.2, 0.25) is 0 Å². The largest absolute Gasteiger partial charge is 0.466 e. The van der Waals surface area contributed by atoms with Gasteiger partial charge in [0.15, 0.2) is 0 Å². The predicted octanol–water partition coefficient (Wildman–Crippen LogP) is 5.52. The molecule has 0 saturated carbocycles. The van der Waals surface area contributed by atoms with Crippen molar-refractivity contribution in [3.05, 3.63) is 0 Å². The van der Waals surface area contributed by atoms with E-state index in [9.17, 15) is 9.59 Å². The predicted molar refractivity (Wildman–Crippen MR) is 110 cm³/mol. The highest BCUT2D eigenvalue weighted by Crippen LogP contribution is 2.23. The smallest absolute Gasteiger partial charge is 0.308 e. The Morgan fingerprint density at radius 3 is 1.29 bits per heavy atom. The van der Waals surface area contributed by atoms with Crippen molar-refractivity contribution in [2.24, 2.45) is 0 Å². The van der Waals surface area contributed by atoms with E-state index < -0.39 is 11.2 Å². The lowest BCUT2D eigenvalue weighted by atomic mass is 10.1. The summed E-state index contributed by atoms with van der Waals surface area (Å²) >= 11 is 0. The minimum atomic E-state index is -0.845. The number of carbonyl (C=O) groups is 2. The van der Waals surface area contributed by atoms with Crippen LogP contribution in [0.15, 0.2) is 0 Å². The Morgan fingerprint density at radius 1 is 0.607 bits per heavy atom. The topological polar surface area (TPSA) is 71.1 Å². The molecule has 0 aliphatic heterocycles. The fourth-order valence-electron chi connectivity index (χ4n) is 2.51. The number of unbranched alkanes of at least 4 members (excludes halogenated alkanes) is 6. The molecule has 6 nitrogen and oxygen atoms in total. The van der Waals surface area contributed by atoms with Crippen molar-refractivity contribution in [1.29, 1.82) is 0 Å². The molecule has 0 aliphatic rings. The first kappa shape index (κ1) is 26.9. The van der Waals surface area contributed by atoms with E-state index in [1.807, 2.05) is 0 Å². The summed E-state index contributed by atoms with van der Waals surface area (Å²) in [6.45, 7) is 12.2. The van der Waals surface area contributed by atoms with Gasteiger partial charge in [0.2, 0.25) is 0 Å². The monoisotopic (exact) mass is 402 g/mol. The Balaban J connectivity index is 4.10. The van der Waals surface area contributed by atoms with Gasteiger partial charge in [-0.15, -0.1) is 0 Å². The van der Waals surface area contributed by atoms with Crippen LogP contribution < -0.4 is 0 Å². The third-order valence-electron chi connectivity index (χ3n) is 4.15. The molecular weight excluding hydrogens is 360 g/mol. The molecule has 0 aromatic rings. The molecule has 0 heterocycles. The minimum absolute atomic E-state index is 0.0821. The average Bonchev–Trinajstić information content (AvgIpc) is 2.59. The lowest BCUT2D eigenvalue weighted by Gasteiger charge is -2.29. The van der Waals surface area contributed by atoms with Crippen molar-refractivity contribution in [3.63, 3.8) is 0 Å². The summed E-state index contributed by atoms with van der Waals surface area (Å²) in [4.78, 5) is 34.8. The van der Waals surface area contributed by atoms with E-state index in [-0.39, 0.29) is 24.8 Å². The van der Waals surface area contributed by atoms with E-state index in [1.54, 1.807) is 27.7 Å². The highest BCUT2D eigenvalue weighted by Gasteiger charge is 2.31. The Kier molecular flexibility index (Phi) is 14.2. The van der Waals surface area contributed by atoms with Crippen LogP contribution >= 0.6 is 0 Å². The summed E-state index contributed by atoms with van der Waals surface area (Å²) in [5.74, 6) is -0.621. The van der Waals surface area contributed by atoms with Crippen LogP contribution in [-0.2, 0) is 28.8 Å². The lowest BCUT2D eigenvalue weighted by Crippen LogP contribution is -2.36. The molecule has 0 aliphatic carbocycles. The van der Waals surface area contributed by atoms with E-state index in [2.05, 4.69) is 13.8 Å². The molecule has 0 unspecified atom stereocenters. The second kappa shape index (κ2) is 14.8. The van der Waals surface area contributed by atoms with E-state index >= 15 is 0 Å². The molecule has 0 aromatic carbocycles. The van der Waals surface area contributed by atoms with Crippen LogP contribution in [0, 0.1) is 0 Å². The normalized spacial score (nSPS) is 12.1. The summed E-state index contributed by atoms with van der Waals surface area (Å²) in [5, 5.41) is 0. The SMILES string of the molecule is CCCCCCOC(=O)CC(C)(C)OOC(C)(C)CC(=O)OCCCCCC. The summed E-state index contributed by atoms with van der Waals surface area (Å²) in [6.07, 6.45) is 8.65. The molecule has 0 amide bonds. The molecule has 0 radical (unpaired) electrons. The first-order chi connectivity index (χ1) is 13.1. The van der Waals surface area contributed by atoms with Gasteiger partial charge in [0.25, 0.3) is 0 Å². The number of rotatable bonds is 17. The number of ether oxygens (including phenoxy) is 2. The minimum Gasteiger partial charge on any atom is -0.466 e. The second-order valence-corrected chi connectivity index (χ2v) is 8.60. The molecular formula is C22H42O6. The molecule has 0 aromatic heterocycles. The van der Waals surface area contributed by atoms with Crippen molar-refractivity contribution < 1.29 is 28.8 Å². The third kappa shape index (κ3) is 15.9. The van der Waals surface area contributed by atoms with Crippen molar-refractivity contribution in [3.8, 4) is 0 Å². The molecule has 0 N–H and O–H groups in total. The fraction of sp³-hybridized carbons (Fsp3) is 0.909. The van der Waals surface area contributed by atoms with Gasteiger partial charge in [-0.05, 0) is 40.5 Å². The van der Waals surface area contributed by atoms with Crippen molar-refractivity contribution in [2.45, 2.75) is 117 Å². The van der Waals surface area contributed by atoms with Crippen LogP contribution in [0.1, 0.15) is 106 Å². The van der Waals surface area contributed by atoms with E-state index in [0.29, 0.717) is 13.2 Å². The fourth-order valence-corrected chi connectivity index (χ4v) is 2.51. The van der Waals surface area contributed by atoms with Crippen molar-refractivity contribution in [1.82, 2.24) is 0 Å². The molecule has 0 spiro atoms. The van der Waals surface area contributed by atoms with Crippen LogP contribution in [0.3, 0.4) is 0 Å². The van der Waals surface area contributed by atoms with Gasteiger partial charge in [-0.2, -0.15) is 0 Å². The van der Waals surface area contributed by atoms with Gasteiger partial charge in [-0.25, -0.2) is 9.78 Å². The van der Waals surface area contributed by atoms with Gasteiger partial charge in [0, 0.05) is 0 Å². The van der Waals surface area contributed by atoms with Gasteiger partial charge < -0.3 is 9.47 Å². The number of hydrogen-bond acceptors (Lipinski definition) is 6. The zero-order valence-corrected chi connectivity index (χ0v) is 18.9. The lowest BCUT2D eigenvalue weighted by molar-refractivity contribution is -0.400. The van der Waals surface area contributed by atoms with E-state index in [0.717, 1.165) is 51.4 Å². The molecule has 0 atom stereocenters. The van der Waals surface area contributed by atoms with Crippen molar-refractivity contribution >= 4 is 11.9 Å². The second-order valence-electron chi connectivity index (χ2n) is 8.60. The quantitative estimate of drug-likeness (QED) is 0.138. The average molecular weight is 403 g/mol. The third-order valence-corrected chi connectivity index (χ3v) is 4.15. The molecule has 6 heteroatoms. The molecule has 0 fully saturated rings. The van der Waals surface area contributed by atoms with Crippen LogP contribution in [-0.4, -0.2) is 36.4 Å². The summed E-state index contributed by atoms with van der Waals surface area (Å²) in [6, 6.07) is 0. The summed E-state index contributed by atoms with van der Waals surface area (Å²) < 4.78 is 10.5. The molecule has 166 valence electrons. The molecule has 0 rings (SSSR count). The summed E-state index contributed by atoms with van der Waals surface area (Å²) in [5.41, 5.74) is -1.69. The van der Waals surface area contributed by atoms with Crippen molar-refractivity contribution in [2.75, 3.05) is 13.2 Å². The number of hydrogen-bond donors (Lipinski definition) is 0. The Hall–Kier alpha value is -1.14. The zero-order chi connectivity index (χ0) is 21.5. The van der Waals surface area contributed by atoms with Gasteiger partial charge in [-0.3, -0.25) is 9.59 Å². The molecule has 0 bridgehead atoms. The van der Waals surface area contributed by atoms with Crippen LogP contribution in [0.5, 0.6) is 0 Å². The van der Waals surface area contributed by atoms with Gasteiger partial charge in [-0.1, -0.05) is 52.4 Å². The maximum Gasteiger partial charge on any atom is 0.308 e. The number of esters is 2. The van der Waals surface area contributed by atoms with E-state index in [1.165, 1.54) is 0 Å².